The van der Waals surface area contributed by atoms with Gasteiger partial charge in [0.15, 0.2) is 0 Å². The SMILES string of the molecule is Cc1cc(N(CC2CC2)C2CC2)c(C#N)c(C)n1. The van der Waals surface area contributed by atoms with Crippen molar-refractivity contribution in [1.82, 2.24) is 4.98 Å². The Hall–Kier alpha value is -1.56. The van der Waals surface area contributed by atoms with E-state index in [-0.39, 0.29) is 0 Å². The number of hydrogen-bond acceptors (Lipinski definition) is 3. The van der Waals surface area contributed by atoms with Crippen LogP contribution < -0.4 is 4.90 Å². The molecule has 0 atom stereocenters. The van der Waals surface area contributed by atoms with Crippen LogP contribution in [0.2, 0.25) is 0 Å². The van der Waals surface area contributed by atoms with Gasteiger partial charge in [-0.2, -0.15) is 5.26 Å². The molecule has 0 bridgehead atoms. The van der Waals surface area contributed by atoms with Crippen LogP contribution in [0.1, 0.15) is 42.6 Å². The van der Waals surface area contributed by atoms with Crippen LogP contribution in [0.5, 0.6) is 0 Å². The highest BCUT2D eigenvalue weighted by Crippen LogP contribution is 2.39. The molecular formula is C15H19N3. The minimum absolute atomic E-state index is 0.666. The van der Waals surface area contributed by atoms with Gasteiger partial charge in [-0.05, 0) is 51.5 Å². The van der Waals surface area contributed by atoms with Crippen molar-refractivity contribution in [3.8, 4) is 6.07 Å². The van der Waals surface area contributed by atoms with Crippen molar-refractivity contribution >= 4 is 5.69 Å². The Morgan fingerprint density at radius 3 is 2.61 bits per heavy atom. The number of anilines is 1. The van der Waals surface area contributed by atoms with Gasteiger partial charge in [-0.3, -0.25) is 4.98 Å². The highest BCUT2D eigenvalue weighted by Gasteiger charge is 2.35. The number of pyridine rings is 1. The first kappa shape index (κ1) is 11.5. The lowest BCUT2D eigenvalue weighted by Crippen LogP contribution is -2.29. The first-order chi connectivity index (χ1) is 8.69. The summed E-state index contributed by atoms with van der Waals surface area (Å²) >= 11 is 0. The highest BCUT2D eigenvalue weighted by atomic mass is 15.2. The molecule has 3 nitrogen and oxygen atoms in total. The summed E-state index contributed by atoms with van der Waals surface area (Å²) < 4.78 is 0. The summed E-state index contributed by atoms with van der Waals surface area (Å²) in [6, 6.07) is 5.10. The summed E-state index contributed by atoms with van der Waals surface area (Å²) in [5.74, 6) is 0.853. The lowest BCUT2D eigenvalue weighted by molar-refractivity contribution is 0.716. The third-order valence-electron chi connectivity index (χ3n) is 3.87. The van der Waals surface area contributed by atoms with Gasteiger partial charge >= 0.3 is 0 Å². The van der Waals surface area contributed by atoms with Gasteiger partial charge in [0.25, 0.3) is 0 Å². The van der Waals surface area contributed by atoms with Crippen LogP contribution in [0.3, 0.4) is 0 Å². The van der Waals surface area contributed by atoms with Crippen molar-refractivity contribution < 1.29 is 0 Å². The zero-order valence-electron chi connectivity index (χ0n) is 11.1. The van der Waals surface area contributed by atoms with Crippen LogP contribution in [0.4, 0.5) is 5.69 Å². The number of nitrogens with zero attached hydrogens (tertiary/aromatic N) is 3. The number of nitriles is 1. The zero-order valence-corrected chi connectivity index (χ0v) is 11.1. The molecule has 2 fully saturated rings. The quantitative estimate of drug-likeness (QED) is 0.813. The van der Waals surface area contributed by atoms with Gasteiger partial charge in [0, 0.05) is 18.3 Å². The molecule has 1 aromatic heterocycles. The second-order valence-corrected chi connectivity index (χ2v) is 5.68. The molecule has 0 aliphatic heterocycles. The second kappa shape index (κ2) is 4.28. The molecular weight excluding hydrogens is 222 g/mol. The Balaban J connectivity index is 1.99. The summed E-state index contributed by atoms with van der Waals surface area (Å²) in [6.45, 7) is 5.08. The van der Waals surface area contributed by atoms with E-state index in [2.05, 4.69) is 22.0 Å². The van der Waals surface area contributed by atoms with Crippen LogP contribution in [-0.2, 0) is 0 Å². The fourth-order valence-corrected chi connectivity index (χ4v) is 2.58. The second-order valence-electron chi connectivity index (χ2n) is 5.68. The molecule has 94 valence electrons. The topological polar surface area (TPSA) is 39.9 Å². The van der Waals surface area contributed by atoms with Crippen molar-refractivity contribution in [3.63, 3.8) is 0 Å². The fraction of sp³-hybridized carbons (Fsp3) is 0.600. The molecule has 0 unspecified atom stereocenters. The summed E-state index contributed by atoms with van der Waals surface area (Å²) in [5, 5.41) is 9.37. The monoisotopic (exact) mass is 241 g/mol. The Labute approximate surface area is 108 Å². The van der Waals surface area contributed by atoms with E-state index in [0.29, 0.717) is 6.04 Å². The average Bonchev–Trinajstić information content (AvgIpc) is 3.17. The molecule has 2 aliphatic rings. The molecule has 0 aromatic carbocycles. The van der Waals surface area contributed by atoms with E-state index >= 15 is 0 Å². The van der Waals surface area contributed by atoms with Crippen molar-refractivity contribution in [3.05, 3.63) is 23.0 Å². The van der Waals surface area contributed by atoms with Crippen LogP contribution in [0.15, 0.2) is 6.07 Å². The molecule has 2 saturated carbocycles. The molecule has 3 heteroatoms. The van der Waals surface area contributed by atoms with Crippen LogP contribution in [-0.4, -0.2) is 17.6 Å². The summed E-state index contributed by atoms with van der Waals surface area (Å²) in [5.41, 5.74) is 3.78. The first-order valence-electron chi connectivity index (χ1n) is 6.84. The van der Waals surface area contributed by atoms with E-state index in [1.165, 1.54) is 25.7 Å². The summed E-state index contributed by atoms with van der Waals surface area (Å²) in [7, 11) is 0. The van der Waals surface area contributed by atoms with E-state index < -0.39 is 0 Å². The number of rotatable bonds is 4. The fourth-order valence-electron chi connectivity index (χ4n) is 2.58. The van der Waals surface area contributed by atoms with Crippen LogP contribution in [0.25, 0.3) is 0 Å². The largest absolute Gasteiger partial charge is 0.367 e. The number of aryl methyl sites for hydroxylation is 2. The molecule has 2 aliphatic carbocycles. The molecule has 3 rings (SSSR count). The van der Waals surface area contributed by atoms with Crippen molar-refractivity contribution in [2.24, 2.45) is 5.92 Å². The normalized spacial score (nSPS) is 18.5. The molecule has 0 amide bonds. The van der Waals surface area contributed by atoms with Gasteiger partial charge in [0.1, 0.15) is 6.07 Å². The maximum absolute atomic E-state index is 9.37. The van der Waals surface area contributed by atoms with E-state index in [9.17, 15) is 5.26 Å². The predicted octanol–water partition coefficient (Wildman–Crippen LogP) is 2.95. The maximum atomic E-state index is 9.37. The van der Waals surface area contributed by atoms with Gasteiger partial charge in [-0.15, -0.1) is 0 Å². The van der Waals surface area contributed by atoms with E-state index in [1.54, 1.807) is 0 Å². The third-order valence-corrected chi connectivity index (χ3v) is 3.87. The molecule has 1 aromatic rings. The molecule has 0 saturated heterocycles. The predicted molar refractivity (Wildman–Crippen MR) is 71.5 cm³/mol. The van der Waals surface area contributed by atoms with Crippen LogP contribution in [0, 0.1) is 31.1 Å². The molecule has 0 N–H and O–H groups in total. The van der Waals surface area contributed by atoms with E-state index in [4.69, 9.17) is 0 Å². The minimum Gasteiger partial charge on any atom is -0.367 e. The zero-order chi connectivity index (χ0) is 12.7. The lowest BCUT2D eigenvalue weighted by Gasteiger charge is -2.26. The Kier molecular flexibility index (Phi) is 2.74. The minimum atomic E-state index is 0.666. The van der Waals surface area contributed by atoms with Gasteiger partial charge in [0.05, 0.1) is 16.9 Å². The smallest absolute Gasteiger partial charge is 0.103 e. The van der Waals surface area contributed by atoms with Crippen molar-refractivity contribution in [2.45, 2.75) is 45.6 Å². The van der Waals surface area contributed by atoms with Gasteiger partial charge < -0.3 is 4.90 Å². The Morgan fingerprint density at radius 2 is 2.06 bits per heavy atom. The van der Waals surface area contributed by atoms with E-state index in [1.807, 2.05) is 13.8 Å². The lowest BCUT2D eigenvalue weighted by atomic mass is 10.1. The molecule has 0 spiro atoms. The van der Waals surface area contributed by atoms with Gasteiger partial charge in [0.2, 0.25) is 0 Å². The highest BCUT2D eigenvalue weighted by molar-refractivity contribution is 5.63. The first-order valence-corrected chi connectivity index (χ1v) is 6.84. The number of aromatic nitrogens is 1. The Morgan fingerprint density at radius 1 is 1.33 bits per heavy atom. The van der Waals surface area contributed by atoms with Gasteiger partial charge in [-0.25, -0.2) is 0 Å². The maximum Gasteiger partial charge on any atom is 0.103 e. The summed E-state index contributed by atoms with van der Waals surface area (Å²) in [6.07, 6.45) is 5.26. The van der Waals surface area contributed by atoms with E-state index in [0.717, 1.165) is 35.1 Å². The van der Waals surface area contributed by atoms with Crippen molar-refractivity contribution in [2.75, 3.05) is 11.4 Å². The van der Waals surface area contributed by atoms with Crippen molar-refractivity contribution in [1.29, 1.82) is 5.26 Å². The standard InChI is InChI=1S/C15H19N3/c1-10-7-15(14(8-16)11(2)17-10)18(13-5-6-13)9-12-3-4-12/h7,12-13H,3-6,9H2,1-2H3. The molecule has 1 heterocycles. The summed E-state index contributed by atoms with van der Waals surface area (Å²) in [4.78, 5) is 6.88. The average molecular weight is 241 g/mol. The molecule has 0 radical (unpaired) electrons. The number of hydrogen-bond donors (Lipinski definition) is 0. The van der Waals surface area contributed by atoms with Gasteiger partial charge in [-0.1, -0.05) is 0 Å². The Bertz CT molecular complexity index is 507. The van der Waals surface area contributed by atoms with Crippen LogP contribution >= 0.6 is 0 Å². The third kappa shape index (κ3) is 2.20. The molecule has 18 heavy (non-hydrogen) atoms.